The molecule has 3 N–H and O–H groups in total. The van der Waals surface area contributed by atoms with Crippen LogP contribution >= 0.6 is 38.9 Å². The predicted octanol–water partition coefficient (Wildman–Crippen LogP) is 6.98. The van der Waals surface area contributed by atoms with E-state index in [4.69, 9.17) is 16.3 Å². The van der Waals surface area contributed by atoms with E-state index in [9.17, 15) is 8.42 Å². The molecule has 0 unspecified atom stereocenters. The van der Waals surface area contributed by atoms with E-state index >= 15 is 0 Å². The molecular formula is C22H37BrClN5O3S2. The SMILES string of the molecule is CC.CC.CC.CC(C)Oc1ncc(-c2nc(Cl)nc3c(Br)csc23)cc1NS(C)(=O)=O.CN. The second-order valence-electron chi connectivity index (χ2n) is 5.72. The Morgan fingerprint density at radius 3 is 2.18 bits per heavy atom. The van der Waals surface area contributed by atoms with Gasteiger partial charge in [-0.15, -0.1) is 11.3 Å². The van der Waals surface area contributed by atoms with Gasteiger partial charge in [-0.05, 0) is 54.5 Å². The number of aromatic nitrogens is 3. The quantitative estimate of drug-likeness (QED) is 0.304. The van der Waals surface area contributed by atoms with Crippen LogP contribution < -0.4 is 15.2 Å². The smallest absolute Gasteiger partial charge is 0.238 e. The number of rotatable bonds is 5. The van der Waals surface area contributed by atoms with Crippen molar-refractivity contribution in [2.45, 2.75) is 61.5 Å². The molecule has 34 heavy (non-hydrogen) atoms. The molecule has 194 valence electrons. The molecule has 12 heteroatoms. The lowest BCUT2D eigenvalue weighted by Crippen LogP contribution is -2.14. The van der Waals surface area contributed by atoms with Crippen molar-refractivity contribution < 1.29 is 13.2 Å². The van der Waals surface area contributed by atoms with Crippen molar-refractivity contribution in [3.8, 4) is 17.1 Å². The Morgan fingerprint density at radius 1 is 1.12 bits per heavy atom. The zero-order valence-electron chi connectivity index (χ0n) is 21.5. The molecule has 0 radical (unpaired) electrons. The lowest BCUT2D eigenvalue weighted by atomic mass is 10.2. The summed E-state index contributed by atoms with van der Waals surface area (Å²) in [5.74, 6) is 0.193. The van der Waals surface area contributed by atoms with Crippen LogP contribution in [0.4, 0.5) is 5.69 Å². The number of ether oxygens (including phenoxy) is 1. The van der Waals surface area contributed by atoms with Crippen LogP contribution in [-0.2, 0) is 10.0 Å². The molecule has 0 amide bonds. The second kappa shape index (κ2) is 17.8. The lowest BCUT2D eigenvalue weighted by Gasteiger charge is -2.15. The van der Waals surface area contributed by atoms with Crippen LogP contribution in [0.5, 0.6) is 5.88 Å². The van der Waals surface area contributed by atoms with Gasteiger partial charge in [0.05, 0.1) is 27.2 Å². The Kier molecular flexibility index (Phi) is 18.2. The number of pyridine rings is 1. The van der Waals surface area contributed by atoms with Crippen molar-refractivity contribution in [1.82, 2.24) is 15.0 Å². The highest BCUT2D eigenvalue weighted by atomic mass is 79.9. The van der Waals surface area contributed by atoms with Gasteiger partial charge in [0.15, 0.2) is 0 Å². The van der Waals surface area contributed by atoms with Crippen LogP contribution in [0.3, 0.4) is 0 Å². The van der Waals surface area contributed by atoms with E-state index in [0.29, 0.717) is 16.8 Å². The number of anilines is 1. The Hall–Kier alpha value is -1.53. The van der Waals surface area contributed by atoms with Crippen LogP contribution in [-0.4, -0.2) is 42.8 Å². The number of sulfonamides is 1. The number of nitrogens with zero attached hydrogens (tertiary/aromatic N) is 3. The summed E-state index contributed by atoms with van der Waals surface area (Å²) in [6, 6.07) is 1.62. The minimum absolute atomic E-state index is 0.0896. The summed E-state index contributed by atoms with van der Waals surface area (Å²) < 4.78 is 33.1. The van der Waals surface area contributed by atoms with E-state index in [-0.39, 0.29) is 23.0 Å². The largest absolute Gasteiger partial charge is 0.473 e. The molecule has 0 atom stereocenters. The molecule has 0 bridgehead atoms. The molecule has 8 nitrogen and oxygen atoms in total. The molecule has 0 spiro atoms. The van der Waals surface area contributed by atoms with Gasteiger partial charge in [-0.1, -0.05) is 41.5 Å². The predicted molar refractivity (Wildman–Crippen MR) is 152 cm³/mol. The van der Waals surface area contributed by atoms with E-state index in [2.05, 4.69) is 41.3 Å². The van der Waals surface area contributed by atoms with E-state index in [0.717, 1.165) is 15.4 Å². The van der Waals surface area contributed by atoms with E-state index in [1.807, 2.05) is 60.8 Å². The highest BCUT2D eigenvalue weighted by Crippen LogP contribution is 2.38. The number of hydrogen-bond donors (Lipinski definition) is 2. The third kappa shape index (κ3) is 10.8. The third-order valence-electron chi connectivity index (χ3n) is 3.11. The first-order valence-electron chi connectivity index (χ1n) is 11.0. The summed E-state index contributed by atoms with van der Waals surface area (Å²) in [4.78, 5) is 12.8. The maximum absolute atomic E-state index is 11.7. The molecule has 3 aromatic heterocycles. The van der Waals surface area contributed by atoms with Crippen molar-refractivity contribution in [3.05, 3.63) is 27.4 Å². The van der Waals surface area contributed by atoms with Gasteiger partial charge >= 0.3 is 0 Å². The first-order valence-corrected chi connectivity index (χ1v) is 14.9. The van der Waals surface area contributed by atoms with E-state index in [1.165, 1.54) is 18.4 Å². The number of hydrogen-bond acceptors (Lipinski definition) is 8. The first-order chi connectivity index (χ1) is 16.1. The molecule has 0 aromatic carbocycles. The third-order valence-corrected chi connectivity index (χ3v) is 5.76. The van der Waals surface area contributed by atoms with Gasteiger partial charge < -0.3 is 10.5 Å². The first kappa shape index (κ1) is 34.6. The van der Waals surface area contributed by atoms with Crippen LogP contribution in [0.1, 0.15) is 55.4 Å². The summed E-state index contributed by atoms with van der Waals surface area (Å²) in [5, 5.41) is 1.98. The highest BCUT2D eigenvalue weighted by Gasteiger charge is 2.18. The summed E-state index contributed by atoms with van der Waals surface area (Å²) in [5.41, 5.74) is 6.58. The Bertz CT molecular complexity index is 1090. The monoisotopic (exact) mass is 597 g/mol. The molecular weight excluding hydrogens is 562 g/mol. The van der Waals surface area contributed by atoms with E-state index in [1.54, 1.807) is 12.3 Å². The molecule has 3 aromatic rings. The average Bonchev–Trinajstić information content (AvgIpc) is 3.19. The molecule has 0 aliphatic carbocycles. The number of halogens is 2. The van der Waals surface area contributed by atoms with Crippen molar-refractivity contribution in [1.29, 1.82) is 0 Å². The van der Waals surface area contributed by atoms with E-state index < -0.39 is 10.0 Å². The fourth-order valence-electron chi connectivity index (χ4n) is 2.23. The normalized spacial score (nSPS) is 9.82. The van der Waals surface area contributed by atoms with Crippen molar-refractivity contribution in [2.24, 2.45) is 5.73 Å². The zero-order valence-corrected chi connectivity index (χ0v) is 25.5. The number of fused-ring (bicyclic) bond motifs is 1. The average molecular weight is 599 g/mol. The van der Waals surface area contributed by atoms with Gasteiger partial charge in [0.1, 0.15) is 11.2 Å². The minimum Gasteiger partial charge on any atom is -0.473 e. The molecule has 0 fully saturated rings. The van der Waals surface area contributed by atoms with Crippen LogP contribution in [0.2, 0.25) is 5.28 Å². The maximum Gasteiger partial charge on any atom is 0.238 e. The summed E-state index contributed by atoms with van der Waals surface area (Å²) in [7, 11) is -2.01. The van der Waals surface area contributed by atoms with Gasteiger partial charge in [0.2, 0.25) is 21.2 Å². The highest BCUT2D eigenvalue weighted by molar-refractivity contribution is 9.10. The van der Waals surface area contributed by atoms with Crippen molar-refractivity contribution in [2.75, 3.05) is 18.0 Å². The number of thiophene rings is 1. The summed E-state index contributed by atoms with van der Waals surface area (Å²) >= 11 is 10.9. The lowest BCUT2D eigenvalue weighted by molar-refractivity contribution is 0.234. The van der Waals surface area contributed by atoms with Gasteiger partial charge in [-0.3, -0.25) is 4.72 Å². The maximum atomic E-state index is 11.7. The standard InChI is InChI=1S/C15H14BrClN4O3S2.3C2H6.CH5N/c1-7(2)24-14-10(21-26(3,22)23)4-8(5-18-14)11-13-12(9(16)6-25-13)20-15(17)19-11;4*1-2/h4-7,21H,1-3H3;3*1-2H3;2H2,1H3. The van der Waals surface area contributed by atoms with Gasteiger partial charge in [-0.2, -0.15) is 0 Å². The molecule has 0 saturated heterocycles. The topological polar surface area (TPSA) is 120 Å². The minimum atomic E-state index is -3.51. The number of nitrogens with one attached hydrogen (secondary N) is 1. The van der Waals surface area contributed by atoms with Gasteiger partial charge in [0.25, 0.3) is 0 Å². The van der Waals surface area contributed by atoms with Gasteiger partial charge in [-0.25, -0.2) is 23.4 Å². The van der Waals surface area contributed by atoms with Crippen LogP contribution in [0.15, 0.2) is 22.1 Å². The Morgan fingerprint density at radius 2 is 1.68 bits per heavy atom. The molecule has 0 aliphatic heterocycles. The fourth-order valence-corrected chi connectivity index (χ4v) is 4.52. The van der Waals surface area contributed by atoms with Crippen molar-refractivity contribution >= 4 is 64.8 Å². The van der Waals surface area contributed by atoms with Crippen LogP contribution in [0, 0.1) is 0 Å². The van der Waals surface area contributed by atoms with Gasteiger partial charge in [0, 0.05) is 17.1 Å². The molecule has 0 aliphatic rings. The summed E-state index contributed by atoms with van der Waals surface area (Å²) in [6.07, 6.45) is 2.47. The molecule has 3 rings (SSSR count). The number of nitrogens with two attached hydrogens (primary N) is 1. The van der Waals surface area contributed by atoms with Crippen LogP contribution in [0.25, 0.3) is 21.5 Å². The molecule has 0 saturated carbocycles. The summed E-state index contributed by atoms with van der Waals surface area (Å²) in [6.45, 7) is 15.7. The second-order valence-corrected chi connectivity index (χ2v) is 9.54. The Labute approximate surface area is 221 Å². The zero-order chi connectivity index (χ0) is 27.1. The fraction of sp³-hybridized carbons (Fsp3) is 0.500. The Balaban J connectivity index is 0. The molecule has 3 heterocycles. The van der Waals surface area contributed by atoms with Crippen molar-refractivity contribution in [3.63, 3.8) is 0 Å².